The van der Waals surface area contributed by atoms with E-state index in [9.17, 15) is 4.79 Å². The molecule has 0 unspecified atom stereocenters. The van der Waals surface area contributed by atoms with Gasteiger partial charge in [0.1, 0.15) is 11.5 Å². The van der Waals surface area contributed by atoms with Crippen LogP contribution in [0.3, 0.4) is 0 Å². The molecule has 2 aromatic heterocycles. The predicted octanol–water partition coefficient (Wildman–Crippen LogP) is 5.22. The van der Waals surface area contributed by atoms with Gasteiger partial charge in [-0.15, -0.1) is 11.3 Å². The minimum Gasteiger partial charge on any atom is -0.457 e. The van der Waals surface area contributed by atoms with Crippen molar-refractivity contribution in [2.24, 2.45) is 0 Å². The monoisotopic (exact) mass is 377 g/mol. The second-order valence-electron chi connectivity index (χ2n) is 5.73. The van der Waals surface area contributed by atoms with Crippen molar-refractivity contribution in [3.05, 3.63) is 66.0 Å². The maximum Gasteiger partial charge on any atom is 0.268 e. The van der Waals surface area contributed by atoms with E-state index in [-0.39, 0.29) is 5.91 Å². The molecule has 27 heavy (non-hydrogen) atoms. The van der Waals surface area contributed by atoms with Crippen LogP contribution in [-0.2, 0) is 4.79 Å². The molecule has 0 aliphatic rings. The molecule has 4 rings (SSSR count). The van der Waals surface area contributed by atoms with E-state index in [0.717, 1.165) is 16.1 Å². The molecule has 0 aliphatic carbocycles. The summed E-state index contributed by atoms with van der Waals surface area (Å²) in [6.45, 7) is 1.47. The molecule has 7 heteroatoms. The van der Waals surface area contributed by atoms with Gasteiger partial charge in [0, 0.05) is 18.2 Å². The van der Waals surface area contributed by atoms with Crippen LogP contribution in [0.5, 0.6) is 11.5 Å². The van der Waals surface area contributed by atoms with Crippen LogP contribution in [0.25, 0.3) is 22.2 Å². The Morgan fingerprint density at radius 3 is 2.37 bits per heavy atom. The quantitative estimate of drug-likeness (QED) is 0.516. The molecule has 134 valence electrons. The summed E-state index contributed by atoms with van der Waals surface area (Å²) in [5, 5.41) is 8.72. The van der Waals surface area contributed by atoms with E-state index in [0.29, 0.717) is 23.2 Å². The van der Waals surface area contributed by atoms with Crippen molar-refractivity contribution in [3.8, 4) is 33.7 Å². The second-order valence-corrected chi connectivity index (χ2v) is 6.68. The summed E-state index contributed by atoms with van der Waals surface area (Å²) in [6, 6.07) is 18.5. The Labute approximate surface area is 159 Å². The van der Waals surface area contributed by atoms with Gasteiger partial charge in [0.05, 0.1) is 4.88 Å². The van der Waals surface area contributed by atoms with E-state index in [1.54, 1.807) is 35.6 Å². The summed E-state index contributed by atoms with van der Waals surface area (Å²) >= 11 is 1.55. The number of hydrogen-bond acceptors (Lipinski definition) is 6. The lowest BCUT2D eigenvalue weighted by molar-refractivity contribution is -0.114. The van der Waals surface area contributed by atoms with Gasteiger partial charge in [0.25, 0.3) is 5.89 Å². The number of aromatic nitrogens is 2. The van der Waals surface area contributed by atoms with Crippen LogP contribution in [0, 0.1) is 0 Å². The molecule has 0 spiro atoms. The van der Waals surface area contributed by atoms with Crippen LogP contribution in [0.2, 0.25) is 0 Å². The molecular formula is C20H15N3O3S. The lowest BCUT2D eigenvalue weighted by atomic mass is 10.2. The Balaban J connectivity index is 1.45. The number of rotatable bonds is 5. The average molecular weight is 377 g/mol. The summed E-state index contributed by atoms with van der Waals surface area (Å²) in [4.78, 5) is 16.4. The second kappa shape index (κ2) is 7.43. The first-order chi connectivity index (χ1) is 13.2. The number of carbonyl (C=O) groups is 1. The summed E-state index contributed by atoms with van der Waals surface area (Å²) in [5.74, 6) is 2.30. The van der Waals surface area contributed by atoms with Gasteiger partial charge in [0.15, 0.2) is 0 Å². The molecule has 4 aromatic rings. The van der Waals surface area contributed by atoms with Gasteiger partial charge in [0.2, 0.25) is 11.7 Å². The van der Waals surface area contributed by atoms with E-state index in [4.69, 9.17) is 9.26 Å². The van der Waals surface area contributed by atoms with Gasteiger partial charge in [-0.25, -0.2) is 0 Å². The molecule has 0 fully saturated rings. The third-order valence-electron chi connectivity index (χ3n) is 3.68. The van der Waals surface area contributed by atoms with Crippen molar-refractivity contribution in [1.29, 1.82) is 0 Å². The van der Waals surface area contributed by atoms with Crippen molar-refractivity contribution in [3.63, 3.8) is 0 Å². The molecule has 0 atom stereocenters. The molecule has 0 aliphatic heterocycles. The first kappa shape index (κ1) is 17.0. The van der Waals surface area contributed by atoms with Crippen molar-refractivity contribution < 1.29 is 14.1 Å². The maximum atomic E-state index is 11.0. The lowest BCUT2D eigenvalue weighted by Gasteiger charge is -2.07. The van der Waals surface area contributed by atoms with Gasteiger partial charge in [-0.3, -0.25) is 4.79 Å². The number of nitrogens with zero attached hydrogens (tertiary/aromatic N) is 2. The van der Waals surface area contributed by atoms with Crippen LogP contribution < -0.4 is 10.1 Å². The maximum absolute atomic E-state index is 11.0. The van der Waals surface area contributed by atoms with Crippen LogP contribution in [0.1, 0.15) is 6.92 Å². The van der Waals surface area contributed by atoms with Crippen LogP contribution in [-0.4, -0.2) is 16.0 Å². The van der Waals surface area contributed by atoms with Crippen LogP contribution in [0.15, 0.2) is 70.6 Å². The number of ether oxygens (including phenoxy) is 1. The topological polar surface area (TPSA) is 77.2 Å². The zero-order valence-electron chi connectivity index (χ0n) is 14.4. The van der Waals surface area contributed by atoms with Gasteiger partial charge >= 0.3 is 0 Å². The van der Waals surface area contributed by atoms with Crippen LogP contribution in [0.4, 0.5) is 5.69 Å². The van der Waals surface area contributed by atoms with Crippen molar-refractivity contribution in [2.75, 3.05) is 5.32 Å². The van der Waals surface area contributed by atoms with E-state index in [1.165, 1.54) is 6.92 Å². The highest BCUT2D eigenvalue weighted by Gasteiger charge is 2.11. The number of amides is 1. The van der Waals surface area contributed by atoms with Gasteiger partial charge in [-0.1, -0.05) is 11.2 Å². The molecule has 0 saturated heterocycles. The molecular weight excluding hydrogens is 362 g/mol. The highest BCUT2D eigenvalue weighted by Crippen LogP contribution is 2.28. The zero-order chi connectivity index (χ0) is 18.6. The van der Waals surface area contributed by atoms with Crippen molar-refractivity contribution >= 4 is 22.9 Å². The lowest BCUT2D eigenvalue weighted by Crippen LogP contribution is -2.05. The van der Waals surface area contributed by atoms with Gasteiger partial charge < -0.3 is 14.6 Å². The fourth-order valence-corrected chi connectivity index (χ4v) is 3.10. The highest BCUT2D eigenvalue weighted by atomic mass is 32.1. The van der Waals surface area contributed by atoms with Crippen molar-refractivity contribution in [2.45, 2.75) is 6.92 Å². The largest absolute Gasteiger partial charge is 0.457 e. The minimum absolute atomic E-state index is 0.108. The van der Waals surface area contributed by atoms with Crippen LogP contribution >= 0.6 is 11.3 Å². The molecule has 2 aromatic carbocycles. The van der Waals surface area contributed by atoms with E-state index >= 15 is 0 Å². The van der Waals surface area contributed by atoms with Gasteiger partial charge in [-0.05, 0) is 60.0 Å². The molecule has 1 N–H and O–H groups in total. The summed E-state index contributed by atoms with van der Waals surface area (Å²) in [7, 11) is 0. The number of nitrogens with one attached hydrogen (secondary N) is 1. The summed E-state index contributed by atoms with van der Waals surface area (Å²) in [5.41, 5.74) is 1.57. The Kier molecular flexibility index (Phi) is 4.67. The Morgan fingerprint density at radius 2 is 1.74 bits per heavy atom. The molecule has 0 radical (unpaired) electrons. The third-order valence-corrected chi connectivity index (χ3v) is 4.54. The first-order valence-corrected chi connectivity index (χ1v) is 9.09. The fraction of sp³-hybridized carbons (Fsp3) is 0.0500. The number of carbonyl (C=O) groups excluding carboxylic acids is 1. The number of anilines is 1. The zero-order valence-corrected chi connectivity index (χ0v) is 15.2. The summed E-state index contributed by atoms with van der Waals surface area (Å²) in [6.07, 6.45) is 0. The van der Waals surface area contributed by atoms with Gasteiger partial charge in [-0.2, -0.15) is 4.98 Å². The Morgan fingerprint density at radius 1 is 1.04 bits per heavy atom. The minimum atomic E-state index is -0.108. The SMILES string of the molecule is CC(=O)Nc1ccc(Oc2ccc(-c3noc(-c4cccs4)n3)cc2)cc1. The molecule has 0 saturated carbocycles. The van der Waals surface area contributed by atoms with E-state index in [2.05, 4.69) is 15.5 Å². The molecule has 1 amide bonds. The number of hydrogen-bond donors (Lipinski definition) is 1. The Bertz CT molecular complexity index is 1040. The van der Waals surface area contributed by atoms with Crippen molar-refractivity contribution in [1.82, 2.24) is 10.1 Å². The smallest absolute Gasteiger partial charge is 0.268 e. The highest BCUT2D eigenvalue weighted by molar-refractivity contribution is 7.13. The normalized spacial score (nSPS) is 10.6. The first-order valence-electron chi connectivity index (χ1n) is 8.21. The number of benzene rings is 2. The average Bonchev–Trinajstić information content (AvgIpc) is 3.35. The number of thiophene rings is 1. The third kappa shape index (κ3) is 4.04. The van der Waals surface area contributed by atoms with E-state index in [1.807, 2.05) is 41.8 Å². The predicted molar refractivity (Wildman–Crippen MR) is 104 cm³/mol. The Hall–Kier alpha value is -3.45. The molecule has 2 heterocycles. The fourth-order valence-electron chi connectivity index (χ4n) is 2.46. The van der Waals surface area contributed by atoms with E-state index < -0.39 is 0 Å². The summed E-state index contributed by atoms with van der Waals surface area (Å²) < 4.78 is 11.1. The standard InChI is InChI=1S/C20H15N3O3S/c1-13(24)21-15-6-10-17(11-7-15)25-16-8-4-14(5-9-16)19-22-20(26-23-19)18-3-2-12-27-18/h2-12H,1H3,(H,21,24). The molecule has 0 bridgehead atoms. The molecule has 6 nitrogen and oxygen atoms in total.